The molecule has 142 valence electrons. The molecule has 7 nitrogen and oxygen atoms in total. The number of aromatic nitrogens is 2. The van der Waals surface area contributed by atoms with Crippen LogP contribution in [-0.2, 0) is 6.42 Å². The van der Waals surface area contributed by atoms with Crippen molar-refractivity contribution in [3.63, 3.8) is 0 Å². The van der Waals surface area contributed by atoms with Crippen LogP contribution in [0.3, 0.4) is 0 Å². The monoisotopic (exact) mass is 367 g/mol. The average Bonchev–Trinajstić information content (AvgIpc) is 3.11. The smallest absolute Gasteiger partial charge is 0.195 e. The predicted octanol–water partition coefficient (Wildman–Crippen LogP) is 2.89. The quantitative estimate of drug-likeness (QED) is 0.518. The van der Waals surface area contributed by atoms with E-state index in [9.17, 15) is 0 Å². The van der Waals surface area contributed by atoms with E-state index in [2.05, 4.69) is 39.2 Å². The van der Waals surface area contributed by atoms with Crippen LogP contribution in [0.15, 0.2) is 47.7 Å². The van der Waals surface area contributed by atoms with Gasteiger partial charge in [-0.25, -0.2) is 4.98 Å². The van der Waals surface area contributed by atoms with Crippen molar-refractivity contribution in [2.45, 2.75) is 13.3 Å². The molecule has 2 heterocycles. The molecule has 1 aromatic carbocycles. The summed E-state index contributed by atoms with van der Waals surface area (Å²) in [4.78, 5) is 8.96. The van der Waals surface area contributed by atoms with Crippen molar-refractivity contribution in [1.82, 2.24) is 14.7 Å². The summed E-state index contributed by atoms with van der Waals surface area (Å²) in [5.41, 5.74) is 4.07. The highest BCUT2D eigenvalue weighted by atomic mass is 16.5. The SMILES string of the molecule is CN=C(NCCc1cn2cccc(C)c2n1)Nc1ccc(OC)c(OC)c1. The molecule has 3 rings (SSSR count). The number of hydrogen-bond donors (Lipinski definition) is 2. The van der Waals surface area contributed by atoms with Crippen molar-refractivity contribution < 1.29 is 9.47 Å². The van der Waals surface area contributed by atoms with Gasteiger partial charge in [0.2, 0.25) is 0 Å². The molecule has 0 atom stereocenters. The molecule has 0 fully saturated rings. The van der Waals surface area contributed by atoms with Crippen LogP contribution < -0.4 is 20.1 Å². The molecule has 2 aromatic heterocycles. The van der Waals surface area contributed by atoms with Gasteiger partial charge >= 0.3 is 0 Å². The third kappa shape index (κ3) is 4.31. The Kier molecular flexibility index (Phi) is 5.80. The van der Waals surface area contributed by atoms with E-state index in [4.69, 9.17) is 14.5 Å². The first-order chi connectivity index (χ1) is 13.1. The van der Waals surface area contributed by atoms with Crippen LogP contribution in [0.1, 0.15) is 11.3 Å². The summed E-state index contributed by atoms with van der Waals surface area (Å²) in [5, 5.41) is 6.56. The van der Waals surface area contributed by atoms with Gasteiger partial charge in [0.15, 0.2) is 17.5 Å². The van der Waals surface area contributed by atoms with Crippen LogP contribution in [0, 0.1) is 6.92 Å². The highest BCUT2D eigenvalue weighted by Crippen LogP contribution is 2.29. The minimum Gasteiger partial charge on any atom is -0.493 e. The molecule has 0 amide bonds. The summed E-state index contributed by atoms with van der Waals surface area (Å²) < 4.78 is 12.7. The Morgan fingerprint density at radius 3 is 2.70 bits per heavy atom. The molecule has 0 aliphatic heterocycles. The molecular formula is C20H25N5O2. The second-order valence-corrected chi connectivity index (χ2v) is 6.10. The standard InChI is InChI=1S/C20H25N5O2/c1-14-6-5-11-25-13-16(23-19(14)25)9-10-22-20(21-2)24-15-7-8-17(26-3)18(12-15)27-4/h5-8,11-13H,9-10H2,1-4H3,(H2,21,22,24). The Morgan fingerprint density at radius 2 is 2.00 bits per heavy atom. The van der Waals surface area contributed by atoms with Gasteiger partial charge in [0.1, 0.15) is 5.65 Å². The maximum absolute atomic E-state index is 5.33. The number of guanidine groups is 1. The van der Waals surface area contributed by atoms with Gasteiger partial charge in [-0.2, -0.15) is 0 Å². The minimum atomic E-state index is 0.665. The Labute approximate surface area is 159 Å². The van der Waals surface area contributed by atoms with Crippen LogP contribution in [0.4, 0.5) is 5.69 Å². The first-order valence-corrected chi connectivity index (χ1v) is 8.77. The molecule has 0 aliphatic carbocycles. The fourth-order valence-electron chi connectivity index (χ4n) is 2.86. The van der Waals surface area contributed by atoms with Crippen molar-refractivity contribution in [1.29, 1.82) is 0 Å². The Balaban J connectivity index is 1.60. The number of aliphatic imine (C=N–C) groups is 1. The molecule has 0 bridgehead atoms. The predicted molar refractivity (Wildman–Crippen MR) is 108 cm³/mol. The lowest BCUT2D eigenvalue weighted by Gasteiger charge is -2.13. The fraction of sp³-hybridized carbons (Fsp3) is 0.300. The number of aryl methyl sites for hydroxylation is 1. The number of rotatable bonds is 6. The topological polar surface area (TPSA) is 72.2 Å². The number of imidazole rings is 1. The van der Waals surface area contributed by atoms with Crippen molar-refractivity contribution in [2.75, 3.05) is 33.1 Å². The number of ether oxygens (including phenoxy) is 2. The summed E-state index contributed by atoms with van der Waals surface area (Å²) in [6, 6.07) is 9.74. The number of hydrogen-bond acceptors (Lipinski definition) is 4. The molecule has 0 saturated carbocycles. The van der Waals surface area contributed by atoms with Crippen LogP contribution in [0.2, 0.25) is 0 Å². The van der Waals surface area contributed by atoms with Gasteiger partial charge in [0.25, 0.3) is 0 Å². The van der Waals surface area contributed by atoms with E-state index in [1.165, 1.54) is 5.56 Å². The van der Waals surface area contributed by atoms with E-state index in [0.717, 1.165) is 30.0 Å². The van der Waals surface area contributed by atoms with Crippen molar-refractivity contribution in [2.24, 2.45) is 4.99 Å². The molecule has 0 radical (unpaired) electrons. The van der Waals surface area contributed by atoms with Crippen LogP contribution in [0.25, 0.3) is 5.65 Å². The lowest BCUT2D eigenvalue weighted by molar-refractivity contribution is 0.355. The minimum absolute atomic E-state index is 0.665. The van der Waals surface area contributed by atoms with Gasteiger partial charge in [-0.3, -0.25) is 4.99 Å². The van der Waals surface area contributed by atoms with E-state index in [-0.39, 0.29) is 0 Å². The summed E-state index contributed by atoms with van der Waals surface area (Å²) >= 11 is 0. The molecule has 27 heavy (non-hydrogen) atoms. The van der Waals surface area contributed by atoms with E-state index < -0.39 is 0 Å². The first-order valence-electron chi connectivity index (χ1n) is 8.77. The number of nitrogens with zero attached hydrogens (tertiary/aromatic N) is 3. The van der Waals surface area contributed by atoms with Gasteiger partial charge < -0.3 is 24.5 Å². The zero-order valence-electron chi connectivity index (χ0n) is 16.1. The first kappa shape index (κ1) is 18.6. The maximum Gasteiger partial charge on any atom is 0.195 e. The Bertz CT molecular complexity index is 949. The highest BCUT2D eigenvalue weighted by Gasteiger charge is 2.07. The number of fused-ring (bicyclic) bond motifs is 1. The molecule has 0 saturated heterocycles. The summed E-state index contributed by atoms with van der Waals surface area (Å²) in [7, 11) is 4.97. The van der Waals surface area contributed by atoms with Crippen LogP contribution in [-0.4, -0.2) is 43.2 Å². The third-order valence-corrected chi connectivity index (χ3v) is 4.27. The molecule has 0 spiro atoms. The molecular weight excluding hydrogens is 342 g/mol. The molecule has 0 unspecified atom stereocenters. The van der Waals surface area contributed by atoms with Gasteiger partial charge in [-0.1, -0.05) is 6.07 Å². The number of benzene rings is 1. The number of pyridine rings is 1. The second-order valence-electron chi connectivity index (χ2n) is 6.10. The van der Waals surface area contributed by atoms with E-state index in [1.807, 2.05) is 30.5 Å². The van der Waals surface area contributed by atoms with Crippen LogP contribution >= 0.6 is 0 Å². The van der Waals surface area contributed by atoms with Gasteiger partial charge in [0, 0.05) is 44.2 Å². The Morgan fingerprint density at radius 1 is 1.19 bits per heavy atom. The van der Waals surface area contributed by atoms with Gasteiger partial charge in [-0.15, -0.1) is 0 Å². The van der Waals surface area contributed by atoms with Crippen molar-refractivity contribution >= 4 is 17.3 Å². The lowest BCUT2D eigenvalue weighted by atomic mass is 10.2. The second kappa shape index (κ2) is 8.44. The lowest BCUT2D eigenvalue weighted by Crippen LogP contribution is -2.32. The Hall–Kier alpha value is -3.22. The summed E-state index contributed by atoms with van der Waals surface area (Å²) in [5.74, 6) is 2.04. The maximum atomic E-state index is 5.33. The highest BCUT2D eigenvalue weighted by molar-refractivity contribution is 5.93. The molecule has 3 aromatic rings. The van der Waals surface area contributed by atoms with Crippen molar-refractivity contribution in [3.05, 3.63) is 54.0 Å². The van der Waals surface area contributed by atoms with E-state index in [1.54, 1.807) is 21.3 Å². The van der Waals surface area contributed by atoms with Crippen LogP contribution in [0.5, 0.6) is 11.5 Å². The van der Waals surface area contributed by atoms with E-state index >= 15 is 0 Å². The van der Waals surface area contributed by atoms with Gasteiger partial charge in [-0.05, 0) is 30.7 Å². The molecule has 7 heteroatoms. The number of nitrogens with one attached hydrogen (secondary N) is 2. The number of anilines is 1. The van der Waals surface area contributed by atoms with Crippen molar-refractivity contribution in [3.8, 4) is 11.5 Å². The average molecular weight is 367 g/mol. The zero-order chi connectivity index (χ0) is 19.2. The van der Waals surface area contributed by atoms with E-state index in [0.29, 0.717) is 17.5 Å². The summed E-state index contributed by atoms with van der Waals surface area (Å²) in [6.07, 6.45) is 4.88. The van der Waals surface area contributed by atoms with Gasteiger partial charge in [0.05, 0.1) is 19.9 Å². The largest absolute Gasteiger partial charge is 0.493 e. The fourth-order valence-corrected chi connectivity index (χ4v) is 2.86. The third-order valence-electron chi connectivity index (χ3n) is 4.27. The summed E-state index contributed by atoms with van der Waals surface area (Å²) in [6.45, 7) is 2.79. The zero-order valence-corrected chi connectivity index (χ0v) is 16.1. The number of methoxy groups -OCH3 is 2. The molecule has 2 N–H and O–H groups in total. The molecule has 0 aliphatic rings. The normalized spacial score (nSPS) is 11.5.